The number of benzene rings is 1. The van der Waals surface area contributed by atoms with Gasteiger partial charge in [0.1, 0.15) is 0 Å². The summed E-state index contributed by atoms with van der Waals surface area (Å²) in [6, 6.07) is 14.5. The van der Waals surface area contributed by atoms with Crippen LogP contribution in [0.3, 0.4) is 0 Å². The van der Waals surface area contributed by atoms with Gasteiger partial charge in [0, 0.05) is 23.2 Å². The number of aromatic nitrogens is 1. The predicted octanol–water partition coefficient (Wildman–Crippen LogP) is 3.64. The topological polar surface area (TPSA) is 34.1 Å². The largest absolute Gasteiger partial charge is 0.477 e. The summed E-state index contributed by atoms with van der Waals surface area (Å²) in [5, 5.41) is 7.47. The molecule has 0 aliphatic rings. The molecule has 1 N–H and O–H groups in total. The zero-order chi connectivity index (χ0) is 14.5. The Bertz CT molecular complexity index is 710. The molecule has 0 fully saturated rings. The Morgan fingerprint density at radius 2 is 2.10 bits per heavy atom. The van der Waals surface area contributed by atoms with Crippen LogP contribution in [0.15, 0.2) is 47.8 Å². The highest BCUT2D eigenvalue weighted by atomic mass is 32.1. The molecular weight excluding hydrogens is 280 g/mol. The van der Waals surface area contributed by atoms with Crippen LogP contribution in [0.1, 0.15) is 10.6 Å². The van der Waals surface area contributed by atoms with Gasteiger partial charge in [0.2, 0.25) is 5.88 Å². The van der Waals surface area contributed by atoms with Crippen LogP contribution in [-0.2, 0) is 13.0 Å². The molecule has 3 rings (SSSR count). The van der Waals surface area contributed by atoms with Gasteiger partial charge in [-0.15, -0.1) is 11.3 Å². The summed E-state index contributed by atoms with van der Waals surface area (Å²) < 4.78 is 5.95. The van der Waals surface area contributed by atoms with Gasteiger partial charge in [-0.05, 0) is 36.0 Å². The van der Waals surface area contributed by atoms with Crippen LogP contribution in [0.2, 0.25) is 0 Å². The monoisotopic (exact) mass is 298 g/mol. The number of hydrogen-bond donors (Lipinski definition) is 1. The maximum Gasteiger partial charge on any atom is 0.221 e. The first-order chi connectivity index (χ1) is 10.4. The normalized spacial score (nSPS) is 10.9. The summed E-state index contributed by atoms with van der Waals surface area (Å²) in [7, 11) is 1.92. The smallest absolute Gasteiger partial charge is 0.221 e. The van der Waals surface area contributed by atoms with E-state index in [-0.39, 0.29) is 0 Å². The minimum atomic E-state index is 0.653. The lowest BCUT2D eigenvalue weighted by Crippen LogP contribution is -2.09. The molecule has 0 unspecified atom stereocenters. The number of hydrogen-bond acceptors (Lipinski definition) is 4. The van der Waals surface area contributed by atoms with Crippen molar-refractivity contribution in [3.05, 3.63) is 58.4 Å². The highest BCUT2D eigenvalue weighted by Gasteiger charge is 2.07. The summed E-state index contributed by atoms with van der Waals surface area (Å²) in [6.07, 6.45) is 0.921. The SMILES string of the molecule is CNCc1cc2ccccc2c(OCCc2cccs2)n1. The third kappa shape index (κ3) is 3.40. The predicted molar refractivity (Wildman–Crippen MR) is 88.0 cm³/mol. The zero-order valence-corrected chi connectivity index (χ0v) is 12.8. The fraction of sp³-hybridized carbons (Fsp3) is 0.235. The molecule has 2 aromatic heterocycles. The molecule has 1 aromatic carbocycles. The number of thiophene rings is 1. The van der Waals surface area contributed by atoms with Crippen molar-refractivity contribution in [2.45, 2.75) is 13.0 Å². The quantitative estimate of drug-likeness (QED) is 0.754. The van der Waals surface area contributed by atoms with Gasteiger partial charge in [0.25, 0.3) is 0 Å². The molecule has 3 nitrogen and oxygen atoms in total. The van der Waals surface area contributed by atoms with Crippen LogP contribution in [0, 0.1) is 0 Å². The fourth-order valence-corrected chi connectivity index (χ4v) is 3.00. The molecule has 0 saturated heterocycles. The van der Waals surface area contributed by atoms with E-state index in [1.807, 2.05) is 19.2 Å². The molecule has 0 atom stereocenters. The van der Waals surface area contributed by atoms with E-state index in [2.05, 4.69) is 46.0 Å². The Morgan fingerprint density at radius 1 is 1.19 bits per heavy atom. The van der Waals surface area contributed by atoms with Crippen molar-refractivity contribution in [1.29, 1.82) is 0 Å². The van der Waals surface area contributed by atoms with E-state index in [0.717, 1.165) is 29.9 Å². The number of rotatable bonds is 6. The molecule has 2 heterocycles. The lowest BCUT2D eigenvalue weighted by molar-refractivity contribution is 0.313. The summed E-state index contributed by atoms with van der Waals surface area (Å²) in [4.78, 5) is 5.97. The van der Waals surface area contributed by atoms with E-state index in [4.69, 9.17) is 4.74 Å². The molecule has 4 heteroatoms. The van der Waals surface area contributed by atoms with E-state index in [1.54, 1.807) is 11.3 Å². The van der Waals surface area contributed by atoms with Crippen molar-refractivity contribution in [3.8, 4) is 5.88 Å². The Balaban J connectivity index is 1.81. The van der Waals surface area contributed by atoms with Crippen LogP contribution in [0.5, 0.6) is 5.88 Å². The summed E-state index contributed by atoms with van der Waals surface area (Å²) >= 11 is 1.76. The molecule has 0 amide bonds. The molecule has 0 radical (unpaired) electrons. The summed E-state index contributed by atoms with van der Waals surface area (Å²) in [5.41, 5.74) is 1.00. The number of pyridine rings is 1. The first-order valence-electron chi connectivity index (χ1n) is 7.05. The highest BCUT2D eigenvalue weighted by Crippen LogP contribution is 2.24. The number of ether oxygens (including phenoxy) is 1. The number of nitrogens with one attached hydrogen (secondary N) is 1. The maximum atomic E-state index is 5.95. The zero-order valence-electron chi connectivity index (χ0n) is 12.0. The van der Waals surface area contributed by atoms with Crippen LogP contribution in [0.4, 0.5) is 0 Å². The van der Waals surface area contributed by atoms with Crippen molar-refractivity contribution in [3.63, 3.8) is 0 Å². The van der Waals surface area contributed by atoms with E-state index in [0.29, 0.717) is 6.61 Å². The average Bonchev–Trinajstić information content (AvgIpc) is 3.01. The van der Waals surface area contributed by atoms with Gasteiger partial charge in [0.15, 0.2) is 0 Å². The van der Waals surface area contributed by atoms with Gasteiger partial charge in [-0.2, -0.15) is 0 Å². The van der Waals surface area contributed by atoms with E-state index >= 15 is 0 Å². The average molecular weight is 298 g/mol. The Kier molecular flexibility index (Phi) is 4.48. The van der Waals surface area contributed by atoms with E-state index < -0.39 is 0 Å². The third-order valence-electron chi connectivity index (χ3n) is 3.28. The van der Waals surface area contributed by atoms with Crippen molar-refractivity contribution >= 4 is 22.1 Å². The first kappa shape index (κ1) is 14.0. The minimum Gasteiger partial charge on any atom is -0.477 e. The van der Waals surface area contributed by atoms with Gasteiger partial charge >= 0.3 is 0 Å². The van der Waals surface area contributed by atoms with Crippen molar-refractivity contribution in [2.24, 2.45) is 0 Å². The Morgan fingerprint density at radius 3 is 2.90 bits per heavy atom. The third-order valence-corrected chi connectivity index (χ3v) is 4.22. The molecule has 21 heavy (non-hydrogen) atoms. The van der Waals surface area contributed by atoms with Gasteiger partial charge in [0.05, 0.1) is 12.3 Å². The summed E-state index contributed by atoms with van der Waals surface area (Å²) in [5.74, 6) is 0.731. The molecular formula is C17H18N2OS. The lowest BCUT2D eigenvalue weighted by atomic mass is 10.1. The van der Waals surface area contributed by atoms with Crippen LogP contribution in [0.25, 0.3) is 10.8 Å². The van der Waals surface area contributed by atoms with Crippen LogP contribution >= 0.6 is 11.3 Å². The molecule has 0 bridgehead atoms. The van der Waals surface area contributed by atoms with Crippen molar-refractivity contribution < 1.29 is 4.74 Å². The van der Waals surface area contributed by atoms with Gasteiger partial charge < -0.3 is 10.1 Å². The van der Waals surface area contributed by atoms with Crippen LogP contribution in [-0.4, -0.2) is 18.6 Å². The van der Waals surface area contributed by atoms with Gasteiger partial charge in [-0.25, -0.2) is 4.98 Å². The lowest BCUT2D eigenvalue weighted by Gasteiger charge is -2.10. The Hall–Kier alpha value is -1.91. The molecule has 0 spiro atoms. The van der Waals surface area contributed by atoms with E-state index in [1.165, 1.54) is 10.3 Å². The van der Waals surface area contributed by atoms with Crippen molar-refractivity contribution in [2.75, 3.05) is 13.7 Å². The fourth-order valence-electron chi connectivity index (χ4n) is 2.30. The minimum absolute atomic E-state index is 0.653. The number of fused-ring (bicyclic) bond motifs is 1. The molecule has 0 saturated carbocycles. The second-order valence-electron chi connectivity index (χ2n) is 4.85. The van der Waals surface area contributed by atoms with Gasteiger partial charge in [-0.3, -0.25) is 0 Å². The van der Waals surface area contributed by atoms with Gasteiger partial charge in [-0.1, -0.05) is 24.3 Å². The highest BCUT2D eigenvalue weighted by molar-refractivity contribution is 7.09. The standard InChI is InChI=1S/C17H18N2OS/c1-18-12-14-11-13-5-2-3-7-16(13)17(19-14)20-9-8-15-6-4-10-21-15/h2-7,10-11,18H,8-9,12H2,1H3. The number of nitrogens with zero attached hydrogens (tertiary/aromatic N) is 1. The first-order valence-corrected chi connectivity index (χ1v) is 7.93. The molecule has 0 aliphatic carbocycles. The summed E-state index contributed by atoms with van der Waals surface area (Å²) in [6.45, 7) is 1.40. The molecule has 0 aliphatic heterocycles. The van der Waals surface area contributed by atoms with Crippen molar-refractivity contribution in [1.82, 2.24) is 10.3 Å². The van der Waals surface area contributed by atoms with Crippen LogP contribution < -0.4 is 10.1 Å². The molecule has 3 aromatic rings. The Labute approximate surface area is 128 Å². The second-order valence-corrected chi connectivity index (χ2v) is 5.88. The maximum absolute atomic E-state index is 5.95. The van der Waals surface area contributed by atoms with E-state index in [9.17, 15) is 0 Å². The molecule has 108 valence electrons. The second kappa shape index (κ2) is 6.70.